The molecule has 4 heterocycles. The fourth-order valence-electron chi connectivity index (χ4n) is 6.71. The summed E-state index contributed by atoms with van der Waals surface area (Å²) in [6.45, 7) is 7.57. The number of pyridine rings is 2. The third-order valence-corrected chi connectivity index (χ3v) is 8.62. The molecule has 1 N–H and O–H groups in total. The number of halogens is 1. The number of aromatic nitrogens is 2. The maximum absolute atomic E-state index is 14.9. The summed E-state index contributed by atoms with van der Waals surface area (Å²) in [4.78, 5) is 43.4. The van der Waals surface area contributed by atoms with Crippen LogP contribution in [0.15, 0.2) is 29.6 Å². The third kappa shape index (κ3) is 3.11. The maximum atomic E-state index is 14.9. The molecule has 1 aromatic carbocycles. The number of aryl methyl sites for hydroxylation is 1. The Kier molecular flexibility index (Phi) is 5.16. The topological polar surface area (TPSA) is 98.5 Å². The first-order valence-corrected chi connectivity index (χ1v) is 12.6. The van der Waals surface area contributed by atoms with Crippen molar-refractivity contribution in [3.8, 4) is 11.4 Å². The lowest BCUT2D eigenvalue weighted by atomic mass is 9.72. The van der Waals surface area contributed by atoms with E-state index < -0.39 is 23.8 Å². The molecule has 0 spiro atoms. The van der Waals surface area contributed by atoms with E-state index in [2.05, 4.69) is 6.58 Å². The van der Waals surface area contributed by atoms with E-state index in [1.54, 1.807) is 24.5 Å². The Hall–Kier alpha value is -3.81. The average molecular weight is 503 g/mol. The fourth-order valence-corrected chi connectivity index (χ4v) is 6.71. The highest BCUT2D eigenvalue weighted by molar-refractivity contribution is 5.94. The van der Waals surface area contributed by atoms with E-state index in [4.69, 9.17) is 9.72 Å². The van der Waals surface area contributed by atoms with Gasteiger partial charge in [0.05, 0.1) is 35.4 Å². The zero-order valence-electron chi connectivity index (χ0n) is 20.8. The Morgan fingerprint density at radius 2 is 2.11 bits per heavy atom. The molecule has 8 heteroatoms. The molecule has 2 aromatic heterocycles. The summed E-state index contributed by atoms with van der Waals surface area (Å²) in [6.07, 6.45) is 3.94. The number of cyclic esters (lactones) is 1. The number of carboxylic acid groups (broad SMARTS) is 1. The third-order valence-electron chi connectivity index (χ3n) is 8.62. The second-order valence-electron chi connectivity index (χ2n) is 10.4. The predicted octanol–water partition coefficient (Wildman–Crippen LogP) is 4.66. The fraction of sp³-hybridized carbons (Fsp3) is 0.379. The van der Waals surface area contributed by atoms with Gasteiger partial charge in [0.2, 0.25) is 0 Å². The highest BCUT2D eigenvalue weighted by Crippen LogP contribution is 2.48. The summed E-state index contributed by atoms with van der Waals surface area (Å²) < 4.78 is 21.9. The summed E-state index contributed by atoms with van der Waals surface area (Å²) in [6, 6.07) is 3.21. The Morgan fingerprint density at radius 1 is 1.32 bits per heavy atom. The summed E-state index contributed by atoms with van der Waals surface area (Å²) in [7, 11) is 0. The number of aliphatic carboxylic acids is 1. The molecule has 37 heavy (non-hydrogen) atoms. The number of carbonyl (C=O) groups is 2. The Morgan fingerprint density at radius 3 is 2.81 bits per heavy atom. The largest absolute Gasteiger partial charge is 0.481 e. The van der Waals surface area contributed by atoms with Gasteiger partial charge in [0.1, 0.15) is 17.8 Å². The van der Waals surface area contributed by atoms with Crippen LogP contribution in [0.3, 0.4) is 0 Å². The van der Waals surface area contributed by atoms with Gasteiger partial charge in [-0.1, -0.05) is 13.0 Å². The number of benzene rings is 1. The van der Waals surface area contributed by atoms with Crippen LogP contribution in [0.4, 0.5) is 4.39 Å². The van der Waals surface area contributed by atoms with Crippen molar-refractivity contribution in [2.75, 3.05) is 0 Å². The lowest BCUT2D eigenvalue weighted by molar-refractivity contribution is -0.158. The van der Waals surface area contributed by atoms with E-state index >= 15 is 0 Å². The molecule has 0 saturated heterocycles. The second-order valence-corrected chi connectivity index (χ2v) is 10.4. The smallest absolute Gasteiger partial charge is 0.317 e. The zero-order chi connectivity index (χ0) is 26.2. The molecule has 0 radical (unpaired) electrons. The number of allylic oxidation sites excluding steroid dienone is 1. The normalized spacial score (nSPS) is 21.3. The van der Waals surface area contributed by atoms with Crippen molar-refractivity contribution in [3.63, 3.8) is 0 Å². The quantitative estimate of drug-likeness (QED) is 0.315. The number of rotatable bonds is 5. The molecule has 0 amide bonds. The van der Waals surface area contributed by atoms with Gasteiger partial charge in [-0.15, -0.1) is 6.58 Å². The van der Waals surface area contributed by atoms with Gasteiger partial charge in [-0.25, -0.2) is 9.37 Å². The maximum Gasteiger partial charge on any atom is 0.317 e. The van der Waals surface area contributed by atoms with Gasteiger partial charge in [-0.3, -0.25) is 14.4 Å². The van der Waals surface area contributed by atoms with Gasteiger partial charge in [0.15, 0.2) is 0 Å². The van der Waals surface area contributed by atoms with Crippen LogP contribution >= 0.6 is 0 Å². The summed E-state index contributed by atoms with van der Waals surface area (Å²) in [5, 5.41) is 10.6. The van der Waals surface area contributed by atoms with Crippen LogP contribution in [0.5, 0.6) is 0 Å². The van der Waals surface area contributed by atoms with Crippen LogP contribution < -0.4 is 5.56 Å². The van der Waals surface area contributed by atoms with Crippen molar-refractivity contribution in [3.05, 3.63) is 74.3 Å². The molecule has 2 atom stereocenters. The number of carboxylic acids is 1. The van der Waals surface area contributed by atoms with E-state index in [0.29, 0.717) is 40.1 Å². The minimum absolute atomic E-state index is 0.167. The summed E-state index contributed by atoms with van der Waals surface area (Å²) in [5.41, 5.74) is 4.22. The molecule has 3 aliphatic rings. The Bertz CT molecular complexity index is 1620. The van der Waals surface area contributed by atoms with Crippen LogP contribution in [0, 0.1) is 12.7 Å². The summed E-state index contributed by atoms with van der Waals surface area (Å²) >= 11 is 0. The van der Waals surface area contributed by atoms with E-state index in [9.17, 15) is 23.9 Å². The molecular weight excluding hydrogens is 475 g/mol. The minimum Gasteiger partial charge on any atom is -0.481 e. The highest BCUT2D eigenvalue weighted by atomic mass is 19.1. The molecule has 6 rings (SSSR count). The first-order valence-electron chi connectivity index (χ1n) is 12.6. The highest BCUT2D eigenvalue weighted by Gasteiger charge is 2.48. The number of hydrogen-bond donors (Lipinski definition) is 1. The van der Waals surface area contributed by atoms with Crippen molar-refractivity contribution in [1.29, 1.82) is 0 Å². The molecule has 1 aliphatic carbocycles. The van der Waals surface area contributed by atoms with Gasteiger partial charge in [0, 0.05) is 17.0 Å². The molecular formula is C29H27FN2O5. The van der Waals surface area contributed by atoms with Gasteiger partial charge in [-0.05, 0) is 66.8 Å². The van der Waals surface area contributed by atoms with Crippen molar-refractivity contribution in [2.45, 2.75) is 70.4 Å². The summed E-state index contributed by atoms with van der Waals surface area (Å²) in [5.74, 6) is -1.92. The van der Waals surface area contributed by atoms with Crippen molar-refractivity contribution in [1.82, 2.24) is 9.55 Å². The monoisotopic (exact) mass is 502 g/mol. The van der Waals surface area contributed by atoms with Crippen molar-refractivity contribution >= 4 is 22.8 Å². The zero-order valence-corrected chi connectivity index (χ0v) is 20.8. The van der Waals surface area contributed by atoms with Crippen LogP contribution in [-0.4, -0.2) is 26.6 Å². The number of nitrogens with zero attached hydrogens (tertiary/aromatic N) is 2. The van der Waals surface area contributed by atoms with E-state index in [-0.39, 0.29) is 30.3 Å². The minimum atomic E-state index is -1.45. The average Bonchev–Trinajstić information content (AvgIpc) is 3.23. The predicted molar refractivity (Wildman–Crippen MR) is 135 cm³/mol. The van der Waals surface area contributed by atoms with Crippen LogP contribution in [0.2, 0.25) is 0 Å². The number of hydrogen-bond acceptors (Lipinski definition) is 5. The van der Waals surface area contributed by atoms with Gasteiger partial charge < -0.3 is 14.4 Å². The molecule has 2 aliphatic heterocycles. The molecule has 0 bridgehead atoms. The molecule has 0 saturated carbocycles. The standard InChI is InChI=1S/C29H27FN2O5/c1-4-6-15-7-8-16-14(3)20(30)10-21-25(16)24(15)17-12-32-22(26(17)31-21)9-19-18(27(32)35)13-37-28(36)29(19,5-2)11-23(33)34/h4,9-10,15H,1,5-8,11-13H2,2-3H3,(H,33,34)/t15?,29-/m0/s1. The lowest BCUT2D eigenvalue weighted by Gasteiger charge is -2.35. The molecule has 7 nitrogen and oxygen atoms in total. The van der Waals surface area contributed by atoms with E-state index in [1.165, 1.54) is 6.07 Å². The second kappa shape index (κ2) is 8.10. The van der Waals surface area contributed by atoms with Gasteiger partial charge in [-0.2, -0.15) is 0 Å². The molecule has 190 valence electrons. The first kappa shape index (κ1) is 23.6. The van der Waals surface area contributed by atoms with Crippen molar-refractivity contribution in [2.24, 2.45) is 0 Å². The van der Waals surface area contributed by atoms with E-state index in [1.807, 2.05) is 6.08 Å². The molecule has 3 aromatic rings. The molecule has 0 fully saturated rings. The number of ether oxygens (including phenoxy) is 1. The van der Waals surface area contributed by atoms with E-state index in [0.717, 1.165) is 41.3 Å². The van der Waals surface area contributed by atoms with Crippen LogP contribution in [-0.2, 0) is 39.3 Å². The van der Waals surface area contributed by atoms with Crippen LogP contribution in [0.25, 0.3) is 22.3 Å². The Balaban J connectivity index is 1.68. The van der Waals surface area contributed by atoms with Crippen LogP contribution in [0.1, 0.15) is 71.9 Å². The number of carbonyl (C=O) groups excluding carboxylic acids is 1. The Labute approximate surface area is 212 Å². The lowest BCUT2D eigenvalue weighted by Crippen LogP contribution is -2.45. The SMILES string of the molecule is C=CCC1CCc2c(C)c(F)cc3nc4c(c1c23)Cn1c-4cc2c(c1=O)COC(=O)[C@@]2(CC)CC(=O)O. The number of esters is 1. The molecule has 1 unspecified atom stereocenters. The van der Waals surface area contributed by atoms with Crippen molar-refractivity contribution < 1.29 is 23.8 Å². The van der Waals surface area contributed by atoms with Gasteiger partial charge in [0.25, 0.3) is 5.56 Å². The number of fused-ring (bicyclic) bond motifs is 5. The first-order chi connectivity index (χ1) is 17.7. The van der Waals surface area contributed by atoms with Gasteiger partial charge >= 0.3 is 11.9 Å².